The van der Waals surface area contributed by atoms with E-state index < -0.39 is 0 Å². The molecule has 1 spiro atoms. The summed E-state index contributed by atoms with van der Waals surface area (Å²) in [6.07, 6.45) is 7.66. The molecule has 1 atom stereocenters. The van der Waals surface area contributed by atoms with Crippen LogP contribution in [0.3, 0.4) is 0 Å². The highest BCUT2D eigenvalue weighted by Gasteiger charge is 2.49. The largest absolute Gasteiger partial charge is 0.354 e. The fourth-order valence-electron chi connectivity index (χ4n) is 3.76. The quantitative estimate of drug-likeness (QED) is 0.835. The second-order valence-corrected chi connectivity index (χ2v) is 6.64. The van der Waals surface area contributed by atoms with E-state index in [0.717, 1.165) is 49.6 Å². The number of aromatic nitrogens is 4. The van der Waals surface area contributed by atoms with E-state index in [0.29, 0.717) is 6.54 Å². The van der Waals surface area contributed by atoms with E-state index in [-0.39, 0.29) is 11.3 Å². The molecule has 0 saturated carbocycles. The highest BCUT2D eigenvalue weighted by atomic mass is 16.2. The lowest BCUT2D eigenvalue weighted by molar-refractivity contribution is -0.126. The van der Waals surface area contributed by atoms with Crippen molar-refractivity contribution < 1.29 is 4.79 Å². The summed E-state index contributed by atoms with van der Waals surface area (Å²) in [7, 11) is 0. The van der Waals surface area contributed by atoms with Crippen molar-refractivity contribution in [1.29, 1.82) is 0 Å². The van der Waals surface area contributed by atoms with E-state index in [2.05, 4.69) is 25.1 Å². The summed E-state index contributed by atoms with van der Waals surface area (Å²) in [4.78, 5) is 25.2. The number of anilines is 2. The molecule has 0 N–H and O–H groups in total. The molecule has 0 radical (unpaired) electrons. The molecule has 2 aromatic heterocycles. The van der Waals surface area contributed by atoms with Crippen LogP contribution in [0.25, 0.3) is 0 Å². The Bertz CT molecular complexity index is 735. The van der Waals surface area contributed by atoms with Crippen LogP contribution in [0.1, 0.15) is 25.0 Å². The molecular weight excluding hydrogens is 304 g/mol. The first-order valence-electron chi connectivity index (χ1n) is 8.30. The van der Waals surface area contributed by atoms with Gasteiger partial charge in [-0.1, -0.05) is 0 Å². The first kappa shape index (κ1) is 15.0. The van der Waals surface area contributed by atoms with Gasteiger partial charge in [-0.15, -0.1) is 5.10 Å². The number of aryl methyl sites for hydroxylation is 1. The van der Waals surface area contributed by atoms with Crippen LogP contribution in [0.15, 0.2) is 30.9 Å². The molecule has 0 aliphatic carbocycles. The van der Waals surface area contributed by atoms with E-state index in [1.54, 1.807) is 12.4 Å². The van der Waals surface area contributed by atoms with Crippen molar-refractivity contribution in [3.63, 3.8) is 0 Å². The van der Waals surface area contributed by atoms with E-state index >= 15 is 0 Å². The lowest BCUT2D eigenvalue weighted by Gasteiger charge is -2.39. The minimum atomic E-state index is -0.333. The molecule has 2 aliphatic rings. The second-order valence-electron chi connectivity index (χ2n) is 6.64. The number of piperidine rings is 1. The van der Waals surface area contributed by atoms with Crippen molar-refractivity contribution in [3.05, 3.63) is 36.5 Å². The number of rotatable bonds is 2. The molecule has 7 nitrogen and oxygen atoms in total. The molecule has 2 saturated heterocycles. The first-order valence-corrected chi connectivity index (χ1v) is 8.30. The van der Waals surface area contributed by atoms with Gasteiger partial charge in [0.25, 0.3) is 0 Å². The third-order valence-corrected chi connectivity index (χ3v) is 5.06. The highest BCUT2D eigenvalue weighted by Crippen LogP contribution is 2.42. The van der Waals surface area contributed by atoms with Gasteiger partial charge < -0.3 is 9.80 Å². The minimum absolute atomic E-state index is 0.182. The zero-order chi connectivity index (χ0) is 16.6. The minimum Gasteiger partial charge on any atom is -0.354 e. The van der Waals surface area contributed by atoms with Crippen LogP contribution < -0.4 is 9.80 Å². The van der Waals surface area contributed by atoms with Crippen molar-refractivity contribution in [2.45, 2.75) is 26.2 Å². The van der Waals surface area contributed by atoms with Gasteiger partial charge in [0.15, 0.2) is 5.82 Å². The van der Waals surface area contributed by atoms with Gasteiger partial charge in [0.2, 0.25) is 5.91 Å². The maximum absolute atomic E-state index is 13.1. The lowest BCUT2D eigenvalue weighted by atomic mass is 9.78. The summed E-state index contributed by atoms with van der Waals surface area (Å²) in [6, 6.07) is 3.96. The van der Waals surface area contributed by atoms with Gasteiger partial charge in [-0.05, 0) is 38.3 Å². The zero-order valence-electron chi connectivity index (χ0n) is 13.7. The van der Waals surface area contributed by atoms with Gasteiger partial charge in [0, 0.05) is 19.6 Å². The predicted molar refractivity (Wildman–Crippen MR) is 89.7 cm³/mol. The van der Waals surface area contributed by atoms with E-state index in [4.69, 9.17) is 0 Å². The number of hydrogen-bond acceptors (Lipinski definition) is 6. The molecule has 1 amide bonds. The number of hydrogen-bond donors (Lipinski definition) is 0. The summed E-state index contributed by atoms with van der Waals surface area (Å²) in [5.41, 5.74) is 1.35. The predicted octanol–water partition coefficient (Wildman–Crippen LogP) is 1.60. The smallest absolute Gasteiger partial charge is 0.235 e. The first-order chi connectivity index (χ1) is 11.7. The van der Waals surface area contributed by atoms with Gasteiger partial charge in [-0.3, -0.25) is 4.79 Å². The van der Waals surface area contributed by atoms with Crippen LogP contribution in [0, 0.1) is 12.3 Å². The molecule has 0 bridgehead atoms. The molecule has 7 heteroatoms. The van der Waals surface area contributed by atoms with Crippen LogP contribution in [-0.2, 0) is 4.79 Å². The fourth-order valence-corrected chi connectivity index (χ4v) is 3.76. The standard InChI is InChI=1S/C17H20N6O/c1-13-3-4-15(21-20-13)22-7-2-5-17(11-22)6-8-23(16(17)24)14-9-18-12-19-10-14/h3-4,9-10,12H,2,5-8,11H2,1H3/t17-/m1/s1. The molecule has 24 heavy (non-hydrogen) atoms. The van der Waals surface area contributed by atoms with Gasteiger partial charge >= 0.3 is 0 Å². The zero-order valence-corrected chi connectivity index (χ0v) is 13.7. The normalized spacial score (nSPS) is 24.0. The SMILES string of the molecule is Cc1ccc(N2CCC[C@@]3(CCN(c4cncnc4)C3=O)C2)nn1. The maximum atomic E-state index is 13.1. The summed E-state index contributed by atoms with van der Waals surface area (Å²) in [5.74, 6) is 1.04. The monoisotopic (exact) mass is 324 g/mol. The highest BCUT2D eigenvalue weighted by molar-refractivity contribution is 6.00. The Hall–Kier alpha value is -2.57. The van der Waals surface area contributed by atoms with Gasteiger partial charge in [-0.2, -0.15) is 5.10 Å². The van der Waals surface area contributed by atoms with Crippen molar-refractivity contribution in [1.82, 2.24) is 20.2 Å². The van der Waals surface area contributed by atoms with Gasteiger partial charge in [0.1, 0.15) is 6.33 Å². The number of amides is 1. The van der Waals surface area contributed by atoms with Crippen LogP contribution in [-0.4, -0.2) is 45.7 Å². The van der Waals surface area contributed by atoms with Crippen LogP contribution in [0.5, 0.6) is 0 Å². The third-order valence-electron chi connectivity index (χ3n) is 5.06. The average Bonchev–Trinajstić information content (AvgIpc) is 2.93. The van der Waals surface area contributed by atoms with Crippen molar-refractivity contribution in [3.8, 4) is 0 Å². The summed E-state index contributed by atoms with van der Waals surface area (Å²) in [6.45, 7) is 4.27. The van der Waals surface area contributed by atoms with Crippen molar-refractivity contribution in [2.75, 3.05) is 29.4 Å². The Balaban J connectivity index is 1.57. The average molecular weight is 324 g/mol. The molecule has 2 aromatic rings. The van der Waals surface area contributed by atoms with Crippen LogP contribution in [0.4, 0.5) is 11.5 Å². The molecule has 2 aliphatic heterocycles. The molecule has 4 rings (SSSR count). The molecule has 4 heterocycles. The van der Waals surface area contributed by atoms with Crippen molar-refractivity contribution >= 4 is 17.4 Å². The van der Waals surface area contributed by atoms with Gasteiger partial charge in [0.05, 0.1) is 29.2 Å². The maximum Gasteiger partial charge on any atom is 0.235 e. The second kappa shape index (κ2) is 5.81. The molecule has 124 valence electrons. The Morgan fingerprint density at radius 1 is 1.08 bits per heavy atom. The van der Waals surface area contributed by atoms with E-state index in [1.807, 2.05) is 24.0 Å². The Morgan fingerprint density at radius 3 is 2.67 bits per heavy atom. The van der Waals surface area contributed by atoms with Crippen LogP contribution >= 0.6 is 0 Å². The number of nitrogens with zero attached hydrogens (tertiary/aromatic N) is 6. The molecule has 2 fully saturated rings. The summed E-state index contributed by atoms with van der Waals surface area (Å²) >= 11 is 0. The topological polar surface area (TPSA) is 75.1 Å². The van der Waals surface area contributed by atoms with Crippen LogP contribution in [0.2, 0.25) is 0 Å². The molecule has 0 aromatic carbocycles. The number of carbonyl (C=O) groups is 1. The fraction of sp³-hybridized carbons (Fsp3) is 0.471. The van der Waals surface area contributed by atoms with E-state index in [1.165, 1.54) is 6.33 Å². The lowest BCUT2D eigenvalue weighted by Crippen LogP contribution is -2.48. The third kappa shape index (κ3) is 2.50. The summed E-state index contributed by atoms with van der Waals surface area (Å²) in [5, 5.41) is 8.44. The molecular formula is C17H20N6O. The Kier molecular flexibility index (Phi) is 3.63. The van der Waals surface area contributed by atoms with E-state index in [9.17, 15) is 4.79 Å². The molecule has 0 unspecified atom stereocenters. The number of carbonyl (C=O) groups excluding carboxylic acids is 1. The Morgan fingerprint density at radius 2 is 1.92 bits per heavy atom. The Labute approximate surface area is 140 Å². The van der Waals surface area contributed by atoms with Crippen molar-refractivity contribution in [2.24, 2.45) is 5.41 Å². The van der Waals surface area contributed by atoms with Gasteiger partial charge in [-0.25, -0.2) is 9.97 Å². The summed E-state index contributed by atoms with van der Waals surface area (Å²) < 4.78 is 0.